The number of rotatable bonds is 6. The van der Waals surface area contributed by atoms with Gasteiger partial charge in [-0.3, -0.25) is 9.69 Å². The van der Waals surface area contributed by atoms with E-state index >= 15 is 0 Å². The lowest BCUT2D eigenvalue weighted by Gasteiger charge is -2.22. The molecule has 1 aromatic carbocycles. The topological polar surface area (TPSA) is 61.9 Å². The molecule has 1 amide bonds. The summed E-state index contributed by atoms with van der Waals surface area (Å²) in [5.41, 5.74) is 1.92. The van der Waals surface area contributed by atoms with Crippen molar-refractivity contribution in [3.8, 4) is 0 Å². The first kappa shape index (κ1) is 19.2. The number of thiophene rings is 1. The Hall–Kier alpha value is -2.81. The van der Waals surface area contributed by atoms with Crippen molar-refractivity contribution in [3.05, 3.63) is 75.8 Å². The largest absolute Gasteiger partial charge is 0.467 e. The van der Waals surface area contributed by atoms with Crippen LogP contribution in [0.2, 0.25) is 0 Å². The van der Waals surface area contributed by atoms with E-state index < -0.39 is 0 Å². The SMILES string of the molecule is CN(CC(=O)N1N=C(c2cccs2)C[C@H]1c1ccco1)Cc1nc2ccccc2s1. The minimum Gasteiger partial charge on any atom is -0.467 e. The number of hydrogen-bond acceptors (Lipinski definition) is 7. The predicted molar refractivity (Wildman–Crippen MR) is 120 cm³/mol. The van der Waals surface area contributed by atoms with Crippen LogP contribution in [0.1, 0.15) is 28.1 Å². The number of benzene rings is 1. The predicted octanol–water partition coefficient (Wildman–Crippen LogP) is 4.76. The van der Waals surface area contributed by atoms with Crippen LogP contribution in [0, 0.1) is 0 Å². The second-order valence-electron chi connectivity index (χ2n) is 7.25. The highest BCUT2D eigenvalue weighted by atomic mass is 32.1. The average Bonchev–Trinajstić information content (AvgIpc) is 3.53. The third-order valence-corrected chi connectivity index (χ3v) is 6.93. The number of thiazole rings is 1. The van der Waals surface area contributed by atoms with Gasteiger partial charge in [-0.2, -0.15) is 5.10 Å². The maximum atomic E-state index is 13.2. The summed E-state index contributed by atoms with van der Waals surface area (Å²) in [6, 6.07) is 15.7. The quantitative estimate of drug-likeness (QED) is 0.437. The fourth-order valence-corrected chi connectivity index (χ4v) is 5.38. The molecule has 30 heavy (non-hydrogen) atoms. The average molecular weight is 437 g/mol. The van der Waals surface area contributed by atoms with E-state index in [0.717, 1.165) is 31.6 Å². The standard InChI is InChI=1S/C22H20N4O2S2/c1-25(13-21-23-15-6-2-3-8-20(15)30-21)14-22(27)26-17(18-7-4-10-28-18)12-16(24-26)19-9-5-11-29-19/h2-11,17H,12-14H2,1H3/t17-/m0/s1. The fourth-order valence-electron chi connectivity index (χ4n) is 3.61. The lowest BCUT2D eigenvalue weighted by Crippen LogP contribution is -2.36. The van der Waals surface area contributed by atoms with Crippen LogP contribution in [0.3, 0.4) is 0 Å². The molecule has 0 saturated heterocycles. The normalized spacial score (nSPS) is 16.5. The van der Waals surface area contributed by atoms with Crippen LogP contribution in [0.5, 0.6) is 0 Å². The second kappa shape index (κ2) is 8.14. The molecule has 4 aromatic rings. The summed E-state index contributed by atoms with van der Waals surface area (Å²) < 4.78 is 6.77. The van der Waals surface area contributed by atoms with Gasteiger partial charge in [0.25, 0.3) is 5.91 Å². The summed E-state index contributed by atoms with van der Waals surface area (Å²) in [4.78, 5) is 20.9. The van der Waals surface area contributed by atoms with E-state index in [0.29, 0.717) is 13.0 Å². The molecular formula is C22H20N4O2S2. The Labute approximate surface area is 182 Å². The highest BCUT2D eigenvalue weighted by Gasteiger charge is 2.35. The molecule has 0 spiro atoms. The molecule has 8 heteroatoms. The van der Waals surface area contributed by atoms with Crippen molar-refractivity contribution < 1.29 is 9.21 Å². The Morgan fingerprint density at radius 1 is 1.23 bits per heavy atom. The van der Waals surface area contributed by atoms with Crippen LogP contribution in [-0.4, -0.2) is 40.1 Å². The minimum atomic E-state index is -0.208. The Kier molecular flexibility index (Phi) is 5.20. The van der Waals surface area contributed by atoms with E-state index in [1.807, 2.05) is 59.8 Å². The molecule has 1 aliphatic heterocycles. The van der Waals surface area contributed by atoms with E-state index in [4.69, 9.17) is 4.42 Å². The zero-order chi connectivity index (χ0) is 20.5. The van der Waals surface area contributed by atoms with Crippen molar-refractivity contribution in [2.45, 2.75) is 19.0 Å². The van der Waals surface area contributed by atoms with Crippen LogP contribution in [0.25, 0.3) is 10.2 Å². The highest BCUT2D eigenvalue weighted by Crippen LogP contribution is 2.34. The number of aromatic nitrogens is 1. The van der Waals surface area contributed by atoms with Gasteiger partial charge in [-0.25, -0.2) is 9.99 Å². The fraction of sp³-hybridized carbons (Fsp3) is 0.227. The number of carbonyl (C=O) groups is 1. The van der Waals surface area contributed by atoms with Gasteiger partial charge in [0.05, 0.1) is 40.2 Å². The molecule has 152 valence electrons. The first-order chi connectivity index (χ1) is 14.7. The molecule has 6 nitrogen and oxygen atoms in total. The van der Waals surface area contributed by atoms with Gasteiger partial charge in [-0.15, -0.1) is 22.7 Å². The number of hydrogen-bond donors (Lipinski definition) is 0. The van der Waals surface area contributed by atoms with Gasteiger partial charge in [0.2, 0.25) is 0 Å². The van der Waals surface area contributed by atoms with Crippen molar-refractivity contribution in [3.63, 3.8) is 0 Å². The third kappa shape index (κ3) is 3.81. The third-order valence-electron chi connectivity index (χ3n) is 4.99. The summed E-state index contributed by atoms with van der Waals surface area (Å²) in [7, 11) is 1.94. The van der Waals surface area contributed by atoms with Crippen LogP contribution in [0.4, 0.5) is 0 Å². The van der Waals surface area contributed by atoms with Gasteiger partial charge in [-0.1, -0.05) is 18.2 Å². The van der Waals surface area contributed by atoms with E-state index in [2.05, 4.69) is 16.2 Å². The van der Waals surface area contributed by atoms with Crippen molar-refractivity contribution in [1.82, 2.24) is 14.9 Å². The molecule has 1 aliphatic rings. The molecule has 0 unspecified atom stereocenters. The van der Waals surface area contributed by atoms with Gasteiger partial charge < -0.3 is 4.42 Å². The van der Waals surface area contributed by atoms with Gasteiger partial charge in [-0.05, 0) is 42.8 Å². The van der Waals surface area contributed by atoms with Crippen LogP contribution < -0.4 is 0 Å². The van der Waals surface area contributed by atoms with Crippen molar-refractivity contribution in [1.29, 1.82) is 0 Å². The molecule has 0 aliphatic carbocycles. The molecule has 4 heterocycles. The Bertz CT molecular complexity index is 1150. The Balaban J connectivity index is 1.32. The van der Waals surface area contributed by atoms with Crippen molar-refractivity contribution >= 4 is 44.5 Å². The van der Waals surface area contributed by atoms with Crippen molar-refractivity contribution in [2.75, 3.05) is 13.6 Å². The van der Waals surface area contributed by atoms with E-state index in [9.17, 15) is 4.79 Å². The number of likely N-dealkylation sites (N-methyl/N-ethyl adjacent to an activating group) is 1. The molecule has 0 bridgehead atoms. The van der Waals surface area contributed by atoms with E-state index in [1.54, 1.807) is 33.9 Å². The minimum absolute atomic E-state index is 0.0495. The number of furan rings is 1. The number of hydrazone groups is 1. The number of para-hydroxylation sites is 1. The van der Waals surface area contributed by atoms with Crippen LogP contribution >= 0.6 is 22.7 Å². The molecule has 1 atom stereocenters. The summed E-state index contributed by atoms with van der Waals surface area (Å²) in [6.45, 7) is 0.875. The van der Waals surface area contributed by atoms with Gasteiger partial charge in [0.1, 0.15) is 16.8 Å². The van der Waals surface area contributed by atoms with Crippen LogP contribution in [-0.2, 0) is 11.3 Å². The van der Waals surface area contributed by atoms with Gasteiger partial charge in [0, 0.05) is 6.42 Å². The van der Waals surface area contributed by atoms with E-state index in [-0.39, 0.29) is 18.5 Å². The molecule has 5 rings (SSSR count). The maximum Gasteiger partial charge on any atom is 0.257 e. The lowest BCUT2D eigenvalue weighted by atomic mass is 10.1. The number of fused-ring (bicyclic) bond motifs is 1. The maximum absolute atomic E-state index is 13.2. The number of amides is 1. The van der Waals surface area contributed by atoms with Gasteiger partial charge >= 0.3 is 0 Å². The Morgan fingerprint density at radius 3 is 2.90 bits per heavy atom. The smallest absolute Gasteiger partial charge is 0.257 e. The highest BCUT2D eigenvalue weighted by molar-refractivity contribution is 7.18. The molecule has 0 radical (unpaired) electrons. The second-order valence-corrected chi connectivity index (χ2v) is 9.31. The summed E-state index contributed by atoms with van der Waals surface area (Å²) in [5, 5.41) is 9.28. The van der Waals surface area contributed by atoms with E-state index in [1.165, 1.54) is 0 Å². The summed E-state index contributed by atoms with van der Waals surface area (Å²) in [6.07, 6.45) is 2.29. The summed E-state index contributed by atoms with van der Waals surface area (Å²) in [5.74, 6) is 0.707. The van der Waals surface area contributed by atoms with Crippen LogP contribution in [0.15, 0.2) is 69.7 Å². The zero-order valence-corrected chi connectivity index (χ0v) is 18.0. The van der Waals surface area contributed by atoms with Crippen molar-refractivity contribution in [2.24, 2.45) is 5.10 Å². The molecular weight excluding hydrogens is 416 g/mol. The Morgan fingerprint density at radius 2 is 2.13 bits per heavy atom. The first-order valence-corrected chi connectivity index (χ1v) is 11.4. The number of carbonyl (C=O) groups excluding carboxylic acids is 1. The zero-order valence-electron chi connectivity index (χ0n) is 16.4. The van der Waals surface area contributed by atoms with Gasteiger partial charge in [0.15, 0.2) is 0 Å². The number of nitrogens with zero attached hydrogens (tertiary/aromatic N) is 4. The summed E-state index contributed by atoms with van der Waals surface area (Å²) >= 11 is 3.30. The lowest BCUT2D eigenvalue weighted by molar-refractivity contribution is -0.134. The monoisotopic (exact) mass is 436 g/mol. The molecule has 3 aromatic heterocycles. The molecule has 0 fully saturated rings. The first-order valence-electron chi connectivity index (χ1n) is 9.67. The molecule has 0 N–H and O–H groups in total. The molecule has 0 saturated carbocycles.